The molecule has 1 aromatic carbocycles. The summed E-state index contributed by atoms with van der Waals surface area (Å²) in [6, 6.07) is 2.07. The quantitative estimate of drug-likeness (QED) is 0.841. The SMILES string of the molecule is Cc1nc(CN2C[C@@H]3Oc4c(F)ccc(F)c4O[C@@H]3C2)no1. The third-order valence-corrected chi connectivity index (χ3v) is 3.78. The van der Waals surface area contributed by atoms with Crippen molar-refractivity contribution in [2.75, 3.05) is 13.1 Å². The van der Waals surface area contributed by atoms with Crippen molar-refractivity contribution in [1.29, 1.82) is 0 Å². The maximum Gasteiger partial charge on any atom is 0.223 e. The highest BCUT2D eigenvalue weighted by molar-refractivity contribution is 5.44. The number of likely N-dealkylation sites (tertiary alicyclic amines) is 1. The number of hydrogen-bond acceptors (Lipinski definition) is 6. The fourth-order valence-corrected chi connectivity index (χ4v) is 2.82. The van der Waals surface area contributed by atoms with Crippen molar-refractivity contribution in [3.63, 3.8) is 0 Å². The predicted octanol–water partition coefficient (Wildman–Crippen LogP) is 1.68. The Labute approximate surface area is 124 Å². The first kappa shape index (κ1) is 13.4. The molecule has 0 aliphatic carbocycles. The summed E-state index contributed by atoms with van der Waals surface area (Å²) in [6.45, 7) is 3.23. The molecule has 2 atom stereocenters. The van der Waals surface area contributed by atoms with E-state index in [-0.39, 0.29) is 23.7 Å². The van der Waals surface area contributed by atoms with E-state index in [9.17, 15) is 8.78 Å². The van der Waals surface area contributed by atoms with Gasteiger partial charge in [-0.2, -0.15) is 4.98 Å². The van der Waals surface area contributed by atoms with Crippen LogP contribution in [0.3, 0.4) is 0 Å². The highest BCUT2D eigenvalue weighted by Gasteiger charge is 2.42. The molecule has 6 nitrogen and oxygen atoms in total. The lowest BCUT2D eigenvalue weighted by Gasteiger charge is -2.28. The Balaban J connectivity index is 1.52. The smallest absolute Gasteiger partial charge is 0.223 e. The zero-order chi connectivity index (χ0) is 15.3. The molecule has 116 valence electrons. The predicted molar refractivity (Wildman–Crippen MR) is 69.5 cm³/mol. The van der Waals surface area contributed by atoms with Gasteiger partial charge in [-0.1, -0.05) is 5.16 Å². The van der Waals surface area contributed by atoms with Crippen molar-refractivity contribution in [3.8, 4) is 11.5 Å². The van der Waals surface area contributed by atoms with Gasteiger partial charge in [0.05, 0.1) is 6.54 Å². The molecule has 0 bridgehead atoms. The Bertz CT molecular complexity index is 682. The Kier molecular flexibility index (Phi) is 3.00. The van der Waals surface area contributed by atoms with Crippen molar-refractivity contribution in [3.05, 3.63) is 35.5 Å². The van der Waals surface area contributed by atoms with Crippen LogP contribution in [0, 0.1) is 18.6 Å². The summed E-state index contributed by atoms with van der Waals surface area (Å²) < 4.78 is 43.6. The summed E-state index contributed by atoms with van der Waals surface area (Å²) in [5.74, 6) is -0.497. The minimum absolute atomic E-state index is 0.154. The highest BCUT2D eigenvalue weighted by atomic mass is 19.1. The second-order valence-corrected chi connectivity index (χ2v) is 5.42. The normalized spacial score (nSPS) is 23.6. The van der Waals surface area contributed by atoms with Crippen LogP contribution in [0.4, 0.5) is 8.78 Å². The lowest BCUT2D eigenvalue weighted by atomic mass is 10.2. The zero-order valence-electron chi connectivity index (χ0n) is 11.8. The Morgan fingerprint density at radius 3 is 2.23 bits per heavy atom. The molecule has 0 amide bonds. The van der Waals surface area contributed by atoms with E-state index in [1.807, 2.05) is 4.90 Å². The van der Waals surface area contributed by atoms with E-state index in [0.717, 1.165) is 12.1 Å². The first-order chi connectivity index (χ1) is 10.6. The van der Waals surface area contributed by atoms with Crippen LogP contribution in [0.5, 0.6) is 11.5 Å². The van der Waals surface area contributed by atoms with E-state index in [1.54, 1.807) is 6.92 Å². The van der Waals surface area contributed by atoms with Crippen molar-refractivity contribution in [2.24, 2.45) is 0 Å². The molecule has 1 saturated heterocycles. The van der Waals surface area contributed by atoms with Gasteiger partial charge in [-0.15, -0.1) is 0 Å². The summed E-state index contributed by atoms with van der Waals surface area (Å²) >= 11 is 0. The van der Waals surface area contributed by atoms with Crippen LogP contribution in [0.1, 0.15) is 11.7 Å². The summed E-state index contributed by atoms with van der Waals surface area (Å²) in [5.41, 5.74) is 0. The molecule has 0 spiro atoms. The number of benzene rings is 1. The summed E-state index contributed by atoms with van der Waals surface area (Å²) in [6.07, 6.45) is -0.700. The van der Waals surface area contributed by atoms with Gasteiger partial charge >= 0.3 is 0 Å². The third-order valence-electron chi connectivity index (χ3n) is 3.78. The van der Waals surface area contributed by atoms with Crippen LogP contribution in [0.2, 0.25) is 0 Å². The summed E-state index contributed by atoms with van der Waals surface area (Å²) in [4.78, 5) is 6.14. The molecule has 3 heterocycles. The monoisotopic (exact) mass is 309 g/mol. The fourth-order valence-electron chi connectivity index (χ4n) is 2.82. The van der Waals surface area contributed by atoms with Crippen LogP contribution < -0.4 is 9.47 Å². The third kappa shape index (κ3) is 2.19. The van der Waals surface area contributed by atoms with Gasteiger partial charge in [0.25, 0.3) is 0 Å². The van der Waals surface area contributed by atoms with E-state index in [0.29, 0.717) is 31.3 Å². The second-order valence-electron chi connectivity index (χ2n) is 5.42. The molecule has 0 saturated carbocycles. The van der Waals surface area contributed by atoms with Gasteiger partial charge < -0.3 is 14.0 Å². The van der Waals surface area contributed by atoms with Gasteiger partial charge in [0.1, 0.15) is 12.2 Å². The summed E-state index contributed by atoms with van der Waals surface area (Å²) in [7, 11) is 0. The molecule has 0 N–H and O–H groups in total. The van der Waals surface area contributed by atoms with Crippen molar-refractivity contribution >= 4 is 0 Å². The molecule has 4 rings (SSSR count). The zero-order valence-corrected chi connectivity index (χ0v) is 11.8. The van der Waals surface area contributed by atoms with Crippen LogP contribution in [-0.2, 0) is 6.54 Å². The van der Waals surface area contributed by atoms with E-state index < -0.39 is 11.6 Å². The topological polar surface area (TPSA) is 60.6 Å². The van der Waals surface area contributed by atoms with E-state index in [4.69, 9.17) is 14.0 Å². The van der Waals surface area contributed by atoms with Crippen LogP contribution in [0.15, 0.2) is 16.7 Å². The van der Waals surface area contributed by atoms with Crippen LogP contribution >= 0.6 is 0 Å². The number of rotatable bonds is 2. The lowest BCUT2D eigenvalue weighted by Crippen LogP contribution is -2.39. The van der Waals surface area contributed by atoms with Gasteiger partial charge in [-0.3, -0.25) is 4.90 Å². The number of hydrogen-bond donors (Lipinski definition) is 0. The maximum absolute atomic E-state index is 13.7. The molecule has 2 aromatic rings. The molecule has 22 heavy (non-hydrogen) atoms. The molecule has 0 unspecified atom stereocenters. The van der Waals surface area contributed by atoms with Crippen LogP contribution in [0.25, 0.3) is 0 Å². The molecule has 0 radical (unpaired) electrons. The Morgan fingerprint density at radius 2 is 1.73 bits per heavy atom. The molecular formula is C14H13F2N3O3. The van der Waals surface area contributed by atoms with E-state index in [2.05, 4.69) is 10.1 Å². The van der Waals surface area contributed by atoms with Gasteiger partial charge in [0, 0.05) is 20.0 Å². The van der Waals surface area contributed by atoms with E-state index in [1.165, 1.54) is 0 Å². The van der Waals surface area contributed by atoms with Crippen molar-refractivity contribution < 1.29 is 22.8 Å². The number of halogens is 2. The lowest BCUT2D eigenvalue weighted by molar-refractivity contribution is 0.0467. The number of aromatic nitrogens is 2. The van der Waals surface area contributed by atoms with Gasteiger partial charge in [0.2, 0.25) is 17.4 Å². The van der Waals surface area contributed by atoms with Gasteiger partial charge in [-0.25, -0.2) is 8.78 Å². The average molecular weight is 309 g/mol. The number of fused-ring (bicyclic) bond motifs is 2. The van der Waals surface area contributed by atoms with E-state index >= 15 is 0 Å². The van der Waals surface area contributed by atoms with Crippen molar-refractivity contribution in [1.82, 2.24) is 15.0 Å². The maximum atomic E-state index is 13.7. The first-order valence-electron chi connectivity index (χ1n) is 6.93. The van der Waals surface area contributed by atoms with Crippen LogP contribution in [-0.4, -0.2) is 40.3 Å². The molecule has 8 heteroatoms. The largest absolute Gasteiger partial charge is 0.478 e. The number of nitrogens with zero attached hydrogens (tertiary/aromatic N) is 3. The molecular weight excluding hydrogens is 296 g/mol. The Hall–Kier alpha value is -2.22. The summed E-state index contributed by atoms with van der Waals surface area (Å²) in [5, 5.41) is 3.83. The minimum atomic E-state index is -0.623. The first-order valence-corrected chi connectivity index (χ1v) is 6.93. The Morgan fingerprint density at radius 1 is 1.14 bits per heavy atom. The standard InChI is InChI=1S/C14H13F2N3O3/c1-7-17-12(18-22-7)6-19-4-10-11(5-19)21-14-9(16)3-2-8(15)13(14)20-10/h2-3,10-11H,4-6H2,1H3/t10-,11+. The molecule has 2 aliphatic rings. The second kappa shape index (κ2) is 4.91. The minimum Gasteiger partial charge on any atom is -0.478 e. The fraction of sp³-hybridized carbons (Fsp3) is 0.429. The number of aryl methyl sites for hydroxylation is 1. The van der Waals surface area contributed by atoms with Gasteiger partial charge in [0.15, 0.2) is 17.5 Å². The highest BCUT2D eigenvalue weighted by Crippen LogP contribution is 2.40. The molecule has 1 fully saturated rings. The molecule has 2 aliphatic heterocycles. The molecule has 1 aromatic heterocycles. The number of ether oxygens (including phenoxy) is 2. The average Bonchev–Trinajstić information content (AvgIpc) is 3.07. The van der Waals surface area contributed by atoms with Gasteiger partial charge in [-0.05, 0) is 12.1 Å². The van der Waals surface area contributed by atoms with Crippen molar-refractivity contribution in [2.45, 2.75) is 25.7 Å².